The largest absolute Gasteiger partial charge is 0.369 e. The van der Waals surface area contributed by atoms with Crippen LogP contribution in [0.3, 0.4) is 0 Å². The van der Waals surface area contributed by atoms with E-state index in [9.17, 15) is 0 Å². The molecule has 1 aliphatic rings. The Morgan fingerprint density at radius 2 is 1.43 bits per heavy atom. The average Bonchev–Trinajstić information content (AvgIpc) is 3.12. The third-order valence-corrected chi connectivity index (χ3v) is 6.11. The van der Waals surface area contributed by atoms with E-state index >= 15 is 0 Å². The zero-order valence-corrected chi connectivity index (χ0v) is 17.5. The van der Waals surface area contributed by atoms with Crippen LogP contribution in [0.5, 0.6) is 0 Å². The van der Waals surface area contributed by atoms with Crippen molar-refractivity contribution in [3.05, 3.63) is 95.8 Å². The van der Waals surface area contributed by atoms with Crippen molar-refractivity contribution in [2.45, 2.75) is 20.0 Å². The van der Waals surface area contributed by atoms with Gasteiger partial charge in [0.05, 0.1) is 17.6 Å². The van der Waals surface area contributed by atoms with Crippen molar-refractivity contribution in [1.29, 1.82) is 0 Å². The number of imidazole rings is 1. The molecule has 1 aliphatic heterocycles. The van der Waals surface area contributed by atoms with Crippen molar-refractivity contribution in [2.75, 3.05) is 31.1 Å². The molecule has 30 heavy (non-hydrogen) atoms. The molecule has 2 heterocycles. The molecule has 1 saturated heterocycles. The van der Waals surface area contributed by atoms with Gasteiger partial charge in [0.15, 0.2) is 0 Å². The van der Waals surface area contributed by atoms with Crippen LogP contribution in [-0.2, 0) is 13.1 Å². The number of nitrogens with zero attached hydrogens (tertiary/aromatic N) is 4. The Balaban J connectivity index is 1.34. The fraction of sp³-hybridized carbons (Fsp3) is 0.269. The second-order valence-electron chi connectivity index (χ2n) is 8.14. The molecule has 4 nitrogen and oxygen atoms in total. The Bertz CT molecular complexity index is 1120. The minimum absolute atomic E-state index is 0.861. The van der Waals surface area contributed by atoms with Gasteiger partial charge >= 0.3 is 0 Å². The lowest BCUT2D eigenvalue weighted by Crippen LogP contribution is -2.46. The van der Waals surface area contributed by atoms with Gasteiger partial charge in [0, 0.05) is 38.4 Å². The molecule has 0 N–H and O–H groups in total. The van der Waals surface area contributed by atoms with E-state index in [-0.39, 0.29) is 0 Å². The third-order valence-electron chi connectivity index (χ3n) is 6.11. The van der Waals surface area contributed by atoms with E-state index in [1.807, 2.05) is 0 Å². The summed E-state index contributed by atoms with van der Waals surface area (Å²) < 4.78 is 2.39. The van der Waals surface area contributed by atoms with Gasteiger partial charge in [-0.1, -0.05) is 60.7 Å². The number of hydrogen-bond donors (Lipinski definition) is 0. The number of para-hydroxylation sites is 3. The van der Waals surface area contributed by atoms with Gasteiger partial charge in [0.2, 0.25) is 0 Å². The van der Waals surface area contributed by atoms with Crippen molar-refractivity contribution < 1.29 is 0 Å². The molecule has 1 aromatic heterocycles. The maximum absolute atomic E-state index is 5.00. The predicted octanol–water partition coefficient (Wildman–Crippen LogP) is 4.72. The molecule has 4 heteroatoms. The number of fused-ring (bicyclic) bond motifs is 1. The lowest BCUT2D eigenvalue weighted by Gasteiger charge is -2.36. The second kappa shape index (κ2) is 8.33. The molecule has 4 aromatic rings. The summed E-state index contributed by atoms with van der Waals surface area (Å²) >= 11 is 0. The number of benzene rings is 3. The topological polar surface area (TPSA) is 24.3 Å². The first-order chi connectivity index (χ1) is 14.8. The highest BCUT2D eigenvalue weighted by atomic mass is 15.3. The van der Waals surface area contributed by atoms with Crippen LogP contribution in [0.25, 0.3) is 11.0 Å². The first kappa shape index (κ1) is 18.9. The van der Waals surface area contributed by atoms with Crippen molar-refractivity contribution in [3.63, 3.8) is 0 Å². The smallest absolute Gasteiger partial charge is 0.124 e. The summed E-state index contributed by atoms with van der Waals surface area (Å²) in [4.78, 5) is 10.1. The minimum atomic E-state index is 0.861. The van der Waals surface area contributed by atoms with Crippen LogP contribution in [0.15, 0.2) is 78.9 Å². The van der Waals surface area contributed by atoms with Gasteiger partial charge < -0.3 is 9.47 Å². The standard InChI is InChI=1S/C26H28N4/c1-21-9-5-7-13-24(21)29-17-15-28(16-18-29)20-26-27-23-12-6-8-14-25(23)30(26)19-22-10-3-2-4-11-22/h2-14H,15-20H2,1H3. The SMILES string of the molecule is Cc1ccccc1N1CCN(Cc2nc3ccccc3n2Cc2ccccc2)CC1. The van der Waals surface area contributed by atoms with Crippen LogP contribution >= 0.6 is 0 Å². The van der Waals surface area contributed by atoms with Gasteiger partial charge in [0.25, 0.3) is 0 Å². The average molecular weight is 397 g/mol. The summed E-state index contributed by atoms with van der Waals surface area (Å²) in [6.45, 7) is 8.19. The summed E-state index contributed by atoms with van der Waals surface area (Å²) in [6.07, 6.45) is 0. The zero-order chi connectivity index (χ0) is 20.3. The molecule has 152 valence electrons. The van der Waals surface area contributed by atoms with Crippen molar-refractivity contribution in [3.8, 4) is 0 Å². The van der Waals surface area contributed by atoms with Crippen molar-refractivity contribution in [2.24, 2.45) is 0 Å². The van der Waals surface area contributed by atoms with Crippen LogP contribution in [0.4, 0.5) is 5.69 Å². The minimum Gasteiger partial charge on any atom is -0.369 e. The van der Waals surface area contributed by atoms with Gasteiger partial charge in [-0.05, 0) is 36.2 Å². The molecule has 0 spiro atoms. The Kier molecular flexibility index (Phi) is 5.24. The number of hydrogen-bond acceptors (Lipinski definition) is 3. The number of rotatable bonds is 5. The van der Waals surface area contributed by atoms with Crippen molar-refractivity contribution >= 4 is 16.7 Å². The maximum atomic E-state index is 5.00. The number of aryl methyl sites for hydroxylation is 1. The fourth-order valence-electron chi connectivity index (χ4n) is 4.45. The van der Waals surface area contributed by atoms with E-state index < -0.39 is 0 Å². The Labute approximate surface area is 178 Å². The Morgan fingerprint density at radius 3 is 2.23 bits per heavy atom. The van der Waals surface area contributed by atoms with Gasteiger partial charge in [-0.25, -0.2) is 4.98 Å². The van der Waals surface area contributed by atoms with Crippen molar-refractivity contribution in [1.82, 2.24) is 14.5 Å². The normalized spacial score (nSPS) is 15.0. The number of aromatic nitrogens is 2. The van der Waals surface area contributed by atoms with E-state index in [1.165, 1.54) is 22.3 Å². The lowest BCUT2D eigenvalue weighted by atomic mass is 10.1. The molecule has 0 unspecified atom stereocenters. The second-order valence-corrected chi connectivity index (χ2v) is 8.14. The van der Waals surface area contributed by atoms with E-state index in [2.05, 4.69) is 100 Å². The summed E-state index contributed by atoms with van der Waals surface area (Å²) in [7, 11) is 0. The predicted molar refractivity (Wildman–Crippen MR) is 124 cm³/mol. The molecule has 0 radical (unpaired) electrons. The molecule has 0 amide bonds. The van der Waals surface area contributed by atoms with Crippen LogP contribution in [0, 0.1) is 6.92 Å². The quantitative estimate of drug-likeness (QED) is 0.488. The first-order valence-electron chi connectivity index (χ1n) is 10.8. The molecule has 0 saturated carbocycles. The summed E-state index contributed by atoms with van der Waals surface area (Å²) in [5, 5.41) is 0. The van der Waals surface area contributed by atoms with E-state index in [1.54, 1.807) is 0 Å². The monoisotopic (exact) mass is 396 g/mol. The molecule has 5 rings (SSSR count). The van der Waals surface area contributed by atoms with E-state index in [0.29, 0.717) is 0 Å². The molecule has 0 atom stereocenters. The summed E-state index contributed by atoms with van der Waals surface area (Å²) in [5.41, 5.74) is 6.34. The molecule has 0 aliphatic carbocycles. The van der Waals surface area contributed by atoms with Crippen LogP contribution in [0.2, 0.25) is 0 Å². The molecular formula is C26H28N4. The van der Waals surface area contributed by atoms with Gasteiger partial charge in [-0.3, -0.25) is 4.90 Å². The van der Waals surface area contributed by atoms with Crippen LogP contribution in [-0.4, -0.2) is 40.6 Å². The van der Waals surface area contributed by atoms with Crippen LogP contribution < -0.4 is 4.90 Å². The number of piperazine rings is 1. The number of anilines is 1. The highest BCUT2D eigenvalue weighted by Gasteiger charge is 2.21. The van der Waals surface area contributed by atoms with Gasteiger partial charge in [-0.2, -0.15) is 0 Å². The zero-order valence-electron chi connectivity index (χ0n) is 17.5. The third kappa shape index (κ3) is 3.83. The maximum Gasteiger partial charge on any atom is 0.124 e. The molecule has 3 aromatic carbocycles. The van der Waals surface area contributed by atoms with E-state index in [0.717, 1.165) is 50.6 Å². The summed E-state index contributed by atoms with van der Waals surface area (Å²) in [6, 6.07) is 27.9. The molecular weight excluding hydrogens is 368 g/mol. The highest BCUT2D eigenvalue weighted by Crippen LogP contribution is 2.23. The van der Waals surface area contributed by atoms with E-state index in [4.69, 9.17) is 4.98 Å². The molecule has 0 bridgehead atoms. The van der Waals surface area contributed by atoms with Gasteiger partial charge in [0.1, 0.15) is 5.82 Å². The lowest BCUT2D eigenvalue weighted by molar-refractivity contribution is 0.241. The molecule has 1 fully saturated rings. The van der Waals surface area contributed by atoms with Gasteiger partial charge in [-0.15, -0.1) is 0 Å². The fourth-order valence-corrected chi connectivity index (χ4v) is 4.45. The Hall–Kier alpha value is -3.11. The van der Waals surface area contributed by atoms with Crippen LogP contribution in [0.1, 0.15) is 17.0 Å². The summed E-state index contributed by atoms with van der Waals surface area (Å²) in [5.74, 6) is 1.16. The highest BCUT2D eigenvalue weighted by molar-refractivity contribution is 5.76. The first-order valence-corrected chi connectivity index (χ1v) is 10.8. The Morgan fingerprint density at radius 1 is 0.733 bits per heavy atom.